The Balaban J connectivity index is 1.03. The van der Waals surface area contributed by atoms with Crippen molar-refractivity contribution in [2.24, 2.45) is 0 Å². The molecule has 0 amide bonds. The first kappa shape index (κ1) is 29.8. The molecule has 0 N–H and O–H groups in total. The lowest BCUT2D eigenvalue weighted by Crippen LogP contribution is -2.20. The van der Waals surface area contributed by atoms with Gasteiger partial charge >= 0.3 is 0 Å². The lowest BCUT2D eigenvalue weighted by molar-refractivity contribution is 0.271. The summed E-state index contributed by atoms with van der Waals surface area (Å²) in [6, 6.07) is 55.8. The third-order valence-corrected chi connectivity index (χ3v) is 10.9. The average Bonchev–Trinajstić information content (AvgIpc) is 3.61. The molecule has 2 atom stereocenters. The molecule has 53 heavy (non-hydrogen) atoms. The van der Waals surface area contributed by atoms with E-state index in [-0.39, 0.29) is 12.0 Å². The fourth-order valence-electron chi connectivity index (χ4n) is 8.33. The van der Waals surface area contributed by atoms with E-state index in [1.54, 1.807) is 0 Å². The Kier molecular flexibility index (Phi) is 6.65. The highest BCUT2D eigenvalue weighted by molar-refractivity contribution is 6.14. The Hall–Kier alpha value is -6.91. The van der Waals surface area contributed by atoms with Gasteiger partial charge in [-0.1, -0.05) is 152 Å². The Morgan fingerprint density at radius 2 is 1.06 bits per heavy atom. The van der Waals surface area contributed by atoms with Crippen LogP contribution in [-0.2, 0) is 0 Å². The summed E-state index contributed by atoms with van der Waals surface area (Å²) in [5, 5.41) is 9.80. The highest BCUT2D eigenvalue weighted by atomic mass is 16.5. The van der Waals surface area contributed by atoms with Gasteiger partial charge in [0.2, 0.25) is 0 Å². The van der Waals surface area contributed by atoms with Gasteiger partial charge in [-0.15, -0.1) is 0 Å². The Bertz CT molecular complexity index is 3000. The number of hydrogen-bond acceptors (Lipinski definition) is 4. The molecule has 11 rings (SSSR count). The van der Waals surface area contributed by atoms with Crippen molar-refractivity contribution in [1.82, 2.24) is 15.0 Å². The van der Waals surface area contributed by atoms with Gasteiger partial charge in [-0.3, -0.25) is 0 Å². The summed E-state index contributed by atoms with van der Waals surface area (Å²) in [6.45, 7) is 0. The van der Waals surface area contributed by atoms with Crippen LogP contribution in [0.5, 0.6) is 5.75 Å². The maximum Gasteiger partial charge on any atom is 0.164 e. The van der Waals surface area contributed by atoms with Crippen LogP contribution in [-0.4, -0.2) is 21.1 Å². The summed E-state index contributed by atoms with van der Waals surface area (Å²) in [6.07, 6.45) is 6.20. The van der Waals surface area contributed by atoms with Crippen LogP contribution in [0.25, 0.3) is 82.6 Å². The van der Waals surface area contributed by atoms with Crippen molar-refractivity contribution in [3.05, 3.63) is 187 Å². The lowest BCUT2D eigenvalue weighted by Gasteiger charge is -2.22. The van der Waals surface area contributed by atoms with Crippen molar-refractivity contribution in [2.75, 3.05) is 0 Å². The standard InChI is InChI=1S/C49H31N3O/c1-2-12-31(13-3-1)47-50-48(35-24-25-38-33(27-35)22-21-30-11-4-6-15-36(30)38)52-49(51-47)42-19-10-20-44-46(42)41-26-23-34(29-45(41)53-44)43-28-32-14-5-7-16-37(32)39-17-8-9-18-40(39)43/h1-29,44,46H. The number of ether oxygens (including phenoxy) is 1. The number of allylic oxidation sites excluding steroid dienone is 2. The molecular weight excluding hydrogens is 647 g/mol. The van der Waals surface area contributed by atoms with E-state index in [4.69, 9.17) is 19.7 Å². The van der Waals surface area contributed by atoms with Crippen molar-refractivity contribution in [3.8, 4) is 39.7 Å². The molecule has 248 valence electrons. The van der Waals surface area contributed by atoms with Gasteiger partial charge in [0.1, 0.15) is 11.9 Å². The normalized spacial score (nSPS) is 16.1. The molecule has 0 fully saturated rings. The monoisotopic (exact) mass is 677 g/mol. The number of nitrogens with zero attached hydrogens (tertiary/aromatic N) is 3. The Morgan fingerprint density at radius 3 is 1.91 bits per heavy atom. The zero-order chi connectivity index (χ0) is 34.9. The van der Waals surface area contributed by atoms with Gasteiger partial charge in [0.15, 0.2) is 17.5 Å². The van der Waals surface area contributed by atoms with E-state index in [1.165, 1.54) is 43.3 Å². The molecule has 0 bridgehead atoms. The van der Waals surface area contributed by atoms with Gasteiger partial charge in [0.05, 0.1) is 5.92 Å². The Morgan fingerprint density at radius 1 is 0.434 bits per heavy atom. The van der Waals surface area contributed by atoms with Crippen molar-refractivity contribution < 1.29 is 4.74 Å². The summed E-state index contributed by atoms with van der Waals surface area (Å²) in [5.74, 6) is 2.79. The molecular formula is C49H31N3O. The average molecular weight is 678 g/mol. The number of fused-ring (bicyclic) bond motifs is 9. The number of rotatable bonds is 4. The molecule has 1 aromatic heterocycles. The predicted molar refractivity (Wildman–Crippen MR) is 217 cm³/mol. The van der Waals surface area contributed by atoms with Gasteiger partial charge < -0.3 is 4.74 Å². The van der Waals surface area contributed by atoms with E-state index in [1.807, 2.05) is 18.2 Å². The minimum Gasteiger partial charge on any atom is -0.485 e. The van der Waals surface area contributed by atoms with E-state index in [9.17, 15) is 0 Å². The minimum absolute atomic E-state index is 0.0563. The van der Waals surface area contributed by atoms with Crippen LogP contribution in [0.3, 0.4) is 0 Å². The van der Waals surface area contributed by atoms with Crippen LogP contribution in [0, 0.1) is 0 Å². The summed E-state index contributed by atoms with van der Waals surface area (Å²) >= 11 is 0. The van der Waals surface area contributed by atoms with Crippen molar-refractivity contribution in [1.29, 1.82) is 0 Å². The van der Waals surface area contributed by atoms with Gasteiger partial charge in [-0.2, -0.15) is 0 Å². The molecule has 2 unspecified atom stereocenters. The van der Waals surface area contributed by atoms with Crippen LogP contribution in [0.4, 0.5) is 0 Å². The number of aromatic nitrogens is 3. The zero-order valence-corrected chi connectivity index (χ0v) is 28.6. The first-order chi connectivity index (χ1) is 26.2. The molecule has 0 spiro atoms. The Labute approximate surface area is 306 Å². The fraction of sp³-hybridized carbons (Fsp3) is 0.0408. The zero-order valence-electron chi connectivity index (χ0n) is 28.6. The molecule has 8 aromatic carbocycles. The largest absolute Gasteiger partial charge is 0.485 e. The second-order valence-electron chi connectivity index (χ2n) is 13.9. The van der Waals surface area contributed by atoms with Crippen LogP contribution in [0.2, 0.25) is 0 Å². The van der Waals surface area contributed by atoms with Gasteiger partial charge in [-0.05, 0) is 78.5 Å². The fourth-order valence-corrected chi connectivity index (χ4v) is 8.33. The summed E-state index contributed by atoms with van der Waals surface area (Å²) in [4.78, 5) is 15.4. The highest BCUT2D eigenvalue weighted by Gasteiger charge is 2.39. The number of benzene rings is 8. The molecule has 2 aliphatic rings. The summed E-state index contributed by atoms with van der Waals surface area (Å²) in [5.41, 5.74) is 6.39. The maximum absolute atomic E-state index is 6.74. The minimum atomic E-state index is -0.164. The van der Waals surface area contributed by atoms with Gasteiger partial charge in [0.25, 0.3) is 0 Å². The van der Waals surface area contributed by atoms with E-state index < -0.39 is 0 Å². The SMILES string of the molecule is C1=CC2Oc3cc(-c4cc5ccccc5c5ccccc45)ccc3C2C(c2nc(-c3ccccc3)nc(-c3ccc4c(ccc5ccccc54)c3)n2)=C1. The molecule has 4 heteroatoms. The smallest absolute Gasteiger partial charge is 0.164 e. The highest BCUT2D eigenvalue weighted by Crippen LogP contribution is 2.49. The third kappa shape index (κ3) is 4.87. The molecule has 0 saturated carbocycles. The van der Waals surface area contributed by atoms with Crippen LogP contribution in [0.15, 0.2) is 176 Å². The van der Waals surface area contributed by atoms with Gasteiger partial charge in [0, 0.05) is 22.3 Å². The van der Waals surface area contributed by atoms with E-state index in [0.29, 0.717) is 17.5 Å². The van der Waals surface area contributed by atoms with Crippen molar-refractivity contribution in [3.63, 3.8) is 0 Å². The van der Waals surface area contributed by atoms with Gasteiger partial charge in [-0.25, -0.2) is 15.0 Å². The first-order valence-corrected chi connectivity index (χ1v) is 18.1. The molecule has 0 radical (unpaired) electrons. The lowest BCUT2D eigenvalue weighted by atomic mass is 9.83. The molecule has 1 aliphatic heterocycles. The molecule has 0 saturated heterocycles. The summed E-state index contributed by atoms with van der Waals surface area (Å²) in [7, 11) is 0. The quantitative estimate of drug-likeness (QED) is 0.174. The summed E-state index contributed by atoms with van der Waals surface area (Å²) < 4.78 is 6.74. The maximum atomic E-state index is 6.74. The molecule has 4 nitrogen and oxygen atoms in total. The predicted octanol–water partition coefficient (Wildman–Crippen LogP) is 12.0. The van der Waals surface area contributed by atoms with Crippen molar-refractivity contribution in [2.45, 2.75) is 12.0 Å². The number of hydrogen-bond donors (Lipinski definition) is 0. The van der Waals surface area contributed by atoms with Crippen LogP contribution < -0.4 is 4.74 Å². The van der Waals surface area contributed by atoms with Crippen molar-refractivity contribution >= 4 is 48.7 Å². The topological polar surface area (TPSA) is 47.9 Å². The molecule has 9 aromatic rings. The molecule has 1 aliphatic carbocycles. The van der Waals surface area contributed by atoms with E-state index >= 15 is 0 Å². The third-order valence-electron chi connectivity index (χ3n) is 10.9. The van der Waals surface area contributed by atoms with Crippen LogP contribution in [0.1, 0.15) is 17.3 Å². The van der Waals surface area contributed by atoms with E-state index in [0.717, 1.165) is 39.0 Å². The second-order valence-corrected chi connectivity index (χ2v) is 13.9. The molecule has 2 heterocycles. The first-order valence-electron chi connectivity index (χ1n) is 18.1. The van der Waals surface area contributed by atoms with Crippen LogP contribution >= 0.6 is 0 Å². The second kappa shape index (κ2) is 11.8. The van der Waals surface area contributed by atoms with E-state index in [2.05, 4.69) is 158 Å².